The van der Waals surface area contributed by atoms with Crippen molar-refractivity contribution in [3.63, 3.8) is 0 Å². The lowest BCUT2D eigenvalue weighted by atomic mass is 9.96. The smallest absolute Gasteiger partial charge is 0.239 e. The van der Waals surface area contributed by atoms with Gasteiger partial charge in [-0.15, -0.1) is 0 Å². The maximum absolute atomic E-state index is 12.6. The number of amides is 2. The van der Waals surface area contributed by atoms with Gasteiger partial charge < -0.3 is 10.2 Å². The van der Waals surface area contributed by atoms with Crippen LogP contribution in [-0.2, 0) is 9.59 Å². The summed E-state index contributed by atoms with van der Waals surface area (Å²) in [5.41, 5.74) is 0.888. The minimum atomic E-state index is -0.513. The van der Waals surface area contributed by atoms with Gasteiger partial charge in [0.05, 0.1) is 0 Å². The zero-order chi connectivity index (χ0) is 16.1. The second-order valence-electron chi connectivity index (χ2n) is 6.72. The highest BCUT2D eigenvalue weighted by atomic mass is 16.2. The van der Waals surface area contributed by atoms with E-state index >= 15 is 0 Å². The van der Waals surface area contributed by atoms with Crippen molar-refractivity contribution in [3.05, 3.63) is 30.3 Å². The standard InChI is InChI=1S/C19H26N2O2/c22-18(20-15-9-5-2-1-3-6-10-15)17-13-14-21(19(17)23)16-11-7-4-8-12-16/h4,7-8,11-12,15,17H,1-3,5-6,9-10,13-14H2,(H,20,22)/t17-/m0/s1. The molecule has 1 saturated heterocycles. The highest BCUT2D eigenvalue weighted by Crippen LogP contribution is 2.26. The van der Waals surface area contributed by atoms with Crippen molar-refractivity contribution < 1.29 is 9.59 Å². The molecule has 3 rings (SSSR count). The van der Waals surface area contributed by atoms with Crippen LogP contribution in [0.5, 0.6) is 0 Å². The molecule has 1 saturated carbocycles. The van der Waals surface area contributed by atoms with Crippen LogP contribution in [0.4, 0.5) is 5.69 Å². The zero-order valence-corrected chi connectivity index (χ0v) is 13.7. The summed E-state index contributed by atoms with van der Waals surface area (Å²) in [7, 11) is 0. The molecule has 0 bridgehead atoms. The molecule has 124 valence electrons. The lowest BCUT2D eigenvalue weighted by Gasteiger charge is -2.22. The van der Waals surface area contributed by atoms with Crippen molar-refractivity contribution in [2.45, 2.75) is 57.4 Å². The molecule has 0 spiro atoms. The van der Waals surface area contributed by atoms with Crippen LogP contribution in [0.3, 0.4) is 0 Å². The van der Waals surface area contributed by atoms with Crippen LogP contribution in [0.25, 0.3) is 0 Å². The number of nitrogens with one attached hydrogen (secondary N) is 1. The first-order valence-corrected chi connectivity index (χ1v) is 8.92. The first-order chi connectivity index (χ1) is 11.3. The third-order valence-corrected chi connectivity index (χ3v) is 5.04. The maximum atomic E-state index is 12.6. The monoisotopic (exact) mass is 314 g/mol. The average Bonchev–Trinajstić information content (AvgIpc) is 2.92. The molecule has 2 amide bonds. The zero-order valence-electron chi connectivity index (χ0n) is 13.7. The van der Waals surface area contributed by atoms with Crippen LogP contribution in [0.2, 0.25) is 0 Å². The minimum absolute atomic E-state index is 0.0560. The number of rotatable bonds is 3. The predicted octanol–water partition coefficient (Wildman–Crippen LogP) is 3.27. The summed E-state index contributed by atoms with van der Waals surface area (Å²) in [4.78, 5) is 26.9. The van der Waals surface area contributed by atoms with Gasteiger partial charge in [0.2, 0.25) is 11.8 Å². The van der Waals surface area contributed by atoms with Gasteiger partial charge in [0.15, 0.2) is 0 Å². The number of hydrogen-bond donors (Lipinski definition) is 1. The van der Waals surface area contributed by atoms with Crippen LogP contribution in [0.15, 0.2) is 30.3 Å². The van der Waals surface area contributed by atoms with E-state index in [0.29, 0.717) is 13.0 Å². The Labute approximate surface area is 138 Å². The Bertz CT molecular complexity index is 536. The number of para-hydroxylation sites is 1. The van der Waals surface area contributed by atoms with E-state index in [1.165, 1.54) is 32.1 Å². The Morgan fingerprint density at radius 2 is 1.61 bits per heavy atom. The van der Waals surface area contributed by atoms with Gasteiger partial charge in [-0.25, -0.2) is 0 Å². The Hall–Kier alpha value is -1.84. The third-order valence-electron chi connectivity index (χ3n) is 5.04. The molecule has 2 aliphatic rings. The van der Waals surface area contributed by atoms with E-state index in [1.807, 2.05) is 30.3 Å². The number of carbonyl (C=O) groups excluding carboxylic acids is 2. The fourth-order valence-corrected chi connectivity index (χ4v) is 3.69. The molecule has 1 atom stereocenters. The van der Waals surface area contributed by atoms with E-state index < -0.39 is 5.92 Å². The topological polar surface area (TPSA) is 49.4 Å². The molecule has 4 heteroatoms. The fourth-order valence-electron chi connectivity index (χ4n) is 3.69. The van der Waals surface area contributed by atoms with Crippen molar-refractivity contribution >= 4 is 17.5 Å². The molecule has 1 heterocycles. The second-order valence-corrected chi connectivity index (χ2v) is 6.72. The number of benzene rings is 1. The Kier molecular flexibility index (Phi) is 5.31. The first-order valence-electron chi connectivity index (χ1n) is 8.92. The van der Waals surface area contributed by atoms with Gasteiger partial charge in [0, 0.05) is 18.3 Å². The molecule has 1 N–H and O–H groups in total. The molecule has 23 heavy (non-hydrogen) atoms. The van der Waals surface area contributed by atoms with Crippen molar-refractivity contribution in [1.29, 1.82) is 0 Å². The van der Waals surface area contributed by atoms with Gasteiger partial charge in [-0.3, -0.25) is 9.59 Å². The van der Waals surface area contributed by atoms with Gasteiger partial charge in [-0.2, -0.15) is 0 Å². The van der Waals surface area contributed by atoms with Gasteiger partial charge in [0.1, 0.15) is 5.92 Å². The summed E-state index contributed by atoms with van der Waals surface area (Å²) in [5.74, 6) is -0.640. The Morgan fingerprint density at radius 1 is 0.957 bits per heavy atom. The predicted molar refractivity (Wildman–Crippen MR) is 91.2 cm³/mol. The molecule has 2 fully saturated rings. The van der Waals surface area contributed by atoms with Crippen LogP contribution in [-0.4, -0.2) is 24.4 Å². The molecule has 0 aromatic heterocycles. The molecule has 4 nitrogen and oxygen atoms in total. The number of anilines is 1. The first kappa shape index (κ1) is 16.0. The van der Waals surface area contributed by atoms with Crippen LogP contribution in [0, 0.1) is 5.92 Å². The van der Waals surface area contributed by atoms with Crippen LogP contribution in [0.1, 0.15) is 51.4 Å². The van der Waals surface area contributed by atoms with Crippen LogP contribution < -0.4 is 10.2 Å². The molecule has 1 aliphatic carbocycles. The normalized spacial score (nSPS) is 23.4. The third kappa shape index (κ3) is 3.92. The van der Waals surface area contributed by atoms with E-state index in [0.717, 1.165) is 18.5 Å². The van der Waals surface area contributed by atoms with Gasteiger partial charge in [-0.1, -0.05) is 50.3 Å². The Morgan fingerprint density at radius 3 is 2.30 bits per heavy atom. The fraction of sp³-hybridized carbons (Fsp3) is 0.579. The molecular weight excluding hydrogens is 288 g/mol. The van der Waals surface area contributed by atoms with Gasteiger partial charge in [-0.05, 0) is 31.4 Å². The van der Waals surface area contributed by atoms with Crippen molar-refractivity contribution in [1.82, 2.24) is 5.32 Å². The second kappa shape index (κ2) is 7.62. The molecule has 0 radical (unpaired) electrons. The van der Waals surface area contributed by atoms with Crippen molar-refractivity contribution in [2.75, 3.05) is 11.4 Å². The molecule has 1 aromatic rings. The largest absolute Gasteiger partial charge is 0.353 e. The van der Waals surface area contributed by atoms with Gasteiger partial charge >= 0.3 is 0 Å². The highest BCUT2D eigenvalue weighted by Gasteiger charge is 2.38. The summed E-state index contributed by atoms with van der Waals surface area (Å²) in [6.45, 7) is 0.631. The minimum Gasteiger partial charge on any atom is -0.353 e. The summed E-state index contributed by atoms with van der Waals surface area (Å²) in [6.07, 6.45) is 8.91. The highest BCUT2D eigenvalue weighted by molar-refractivity contribution is 6.09. The lowest BCUT2D eigenvalue weighted by molar-refractivity contribution is -0.132. The summed E-state index contributed by atoms with van der Waals surface area (Å²) < 4.78 is 0. The van der Waals surface area contributed by atoms with E-state index in [4.69, 9.17) is 0 Å². The summed E-state index contributed by atoms with van der Waals surface area (Å²) in [6, 6.07) is 9.87. The summed E-state index contributed by atoms with van der Waals surface area (Å²) >= 11 is 0. The number of carbonyl (C=O) groups is 2. The molecule has 1 aliphatic heterocycles. The molecular formula is C19H26N2O2. The van der Waals surface area contributed by atoms with E-state index in [-0.39, 0.29) is 17.9 Å². The van der Waals surface area contributed by atoms with E-state index in [1.54, 1.807) is 4.90 Å². The summed E-state index contributed by atoms with van der Waals surface area (Å²) in [5, 5.41) is 3.14. The Balaban J connectivity index is 1.58. The van der Waals surface area contributed by atoms with Gasteiger partial charge in [0.25, 0.3) is 0 Å². The molecule has 0 unspecified atom stereocenters. The SMILES string of the molecule is O=C(NC1CCCCCCC1)[C@@H]1CCN(c2ccccc2)C1=O. The van der Waals surface area contributed by atoms with E-state index in [9.17, 15) is 9.59 Å². The maximum Gasteiger partial charge on any atom is 0.239 e. The average molecular weight is 314 g/mol. The molecule has 1 aromatic carbocycles. The lowest BCUT2D eigenvalue weighted by Crippen LogP contribution is -2.42. The van der Waals surface area contributed by atoms with E-state index in [2.05, 4.69) is 5.32 Å². The van der Waals surface area contributed by atoms with Crippen molar-refractivity contribution in [2.24, 2.45) is 5.92 Å². The number of hydrogen-bond acceptors (Lipinski definition) is 2. The number of nitrogens with zero attached hydrogens (tertiary/aromatic N) is 1. The quantitative estimate of drug-likeness (QED) is 0.871. The van der Waals surface area contributed by atoms with Crippen LogP contribution >= 0.6 is 0 Å². The van der Waals surface area contributed by atoms with Crippen molar-refractivity contribution in [3.8, 4) is 0 Å².